The van der Waals surface area contributed by atoms with Crippen LogP contribution in [-0.4, -0.2) is 41.4 Å². The Balaban J connectivity index is 2.58. The number of aliphatic hydroxyl groups is 1. The molecule has 0 radical (unpaired) electrons. The first-order valence-electron chi connectivity index (χ1n) is 4.57. The molecule has 7 nitrogen and oxygen atoms in total. The number of aromatic nitrogens is 2. The molecule has 0 spiro atoms. The maximum absolute atomic E-state index is 9.44. The highest BCUT2D eigenvalue weighted by atomic mass is 79.9. The van der Waals surface area contributed by atoms with Crippen molar-refractivity contribution in [2.75, 3.05) is 31.0 Å². The molecule has 1 aromatic rings. The predicted octanol–water partition coefficient (Wildman–Crippen LogP) is -0.0561. The molecule has 0 aliphatic heterocycles. The average Bonchev–Trinajstić information content (AvgIpc) is 2.28. The first-order chi connectivity index (χ1) is 7.67. The Labute approximate surface area is 102 Å². The highest BCUT2D eigenvalue weighted by molar-refractivity contribution is 9.10. The first-order valence-corrected chi connectivity index (χ1v) is 5.36. The lowest BCUT2D eigenvalue weighted by Gasteiger charge is -2.12. The Morgan fingerprint density at radius 2 is 2.44 bits per heavy atom. The Morgan fingerprint density at radius 3 is 3.06 bits per heavy atom. The summed E-state index contributed by atoms with van der Waals surface area (Å²) >= 11 is 3.28. The largest absolute Gasteiger partial charge is 0.389 e. The second-order valence-corrected chi connectivity index (χ2v) is 3.88. The van der Waals surface area contributed by atoms with Gasteiger partial charge in [0.05, 0.1) is 17.2 Å². The summed E-state index contributed by atoms with van der Waals surface area (Å²) in [5, 5.41) is 12.4. The quantitative estimate of drug-likeness (QED) is 0.430. The van der Waals surface area contributed by atoms with Gasteiger partial charge in [-0.3, -0.25) is 5.43 Å². The number of nitrogens with zero attached hydrogens (tertiary/aromatic N) is 2. The maximum Gasteiger partial charge on any atom is 0.239 e. The summed E-state index contributed by atoms with van der Waals surface area (Å²) < 4.78 is 5.49. The summed E-state index contributed by atoms with van der Waals surface area (Å²) in [6, 6.07) is 0. The first kappa shape index (κ1) is 13.1. The number of methoxy groups -OCH3 is 1. The minimum atomic E-state index is -0.596. The Bertz CT molecular complexity index is 338. The number of anilines is 2. The number of nitrogens with two attached hydrogens (primary N) is 1. The zero-order valence-electron chi connectivity index (χ0n) is 8.77. The summed E-state index contributed by atoms with van der Waals surface area (Å²) in [7, 11) is 1.53. The minimum Gasteiger partial charge on any atom is -0.389 e. The van der Waals surface area contributed by atoms with E-state index in [1.165, 1.54) is 7.11 Å². The minimum absolute atomic E-state index is 0.262. The van der Waals surface area contributed by atoms with Crippen LogP contribution in [-0.2, 0) is 4.74 Å². The lowest BCUT2D eigenvalue weighted by molar-refractivity contribution is 0.0727. The van der Waals surface area contributed by atoms with Crippen molar-refractivity contribution < 1.29 is 9.84 Å². The fourth-order valence-electron chi connectivity index (χ4n) is 1.03. The van der Waals surface area contributed by atoms with Crippen molar-refractivity contribution in [3.63, 3.8) is 0 Å². The molecular weight excluding hydrogens is 278 g/mol. The van der Waals surface area contributed by atoms with Gasteiger partial charge < -0.3 is 15.2 Å². The van der Waals surface area contributed by atoms with Gasteiger partial charge in [-0.25, -0.2) is 10.8 Å². The molecule has 1 aromatic heterocycles. The van der Waals surface area contributed by atoms with E-state index in [2.05, 4.69) is 36.6 Å². The van der Waals surface area contributed by atoms with Gasteiger partial charge in [0.2, 0.25) is 5.95 Å². The van der Waals surface area contributed by atoms with Gasteiger partial charge in [-0.15, -0.1) is 0 Å². The number of rotatable bonds is 6. The van der Waals surface area contributed by atoms with E-state index in [0.717, 1.165) is 0 Å². The molecule has 5 N–H and O–H groups in total. The van der Waals surface area contributed by atoms with E-state index in [1.54, 1.807) is 6.20 Å². The van der Waals surface area contributed by atoms with E-state index < -0.39 is 6.10 Å². The molecule has 1 rings (SSSR count). The molecule has 0 aliphatic carbocycles. The second-order valence-electron chi connectivity index (χ2n) is 3.02. The van der Waals surface area contributed by atoms with E-state index >= 15 is 0 Å². The van der Waals surface area contributed by atoms with Crippen molar-refractivity contribution >= 4 is 27.7 Å². The van der Waals surface area contributed by atoms with Crippen molar-refractivity contribution in [3.05, 3.63) is 10.7 Å². The molecule has 0 bridgehead atoms. The van der Waals surface area contributed by atoms with Gasteiger partial charge >= 0.3 is 0 Å². The molecule has 16 heavy (non-hydrogen) atoms. The van der Waals surface area contributed by atoms with Crippen molar-refractivity contribution in [2.24, 2.45) is 5.84 Å². The van der Waals surface area contributed by atoms with E-state index in [-0.39, 0.29) is 6.61 Å². The zero-order valence-corrected chi connectivity index (χ0v) is 10.4. The van der Waals surface area contributed by atoms with Crippen LogP contribution in [0.5, 0.6) is 0 Å². The van der Waals surface area contributed by atoms with Crippen LogP contribution in [0.2, 0.25) is 0 Å². The number of hydrogen-bond acceptors (Lipinski definition) is 7. The topological polar surface area (TPSA) is 105 Å². The third-order valence-electron chi connectivity index (χ3n) is 1.74. The van der Waals surface area contributed by atoms with Gasteiger partial charge in [0.15, 0.2) is 0 Å². The van der Waals surface area contributed by atoms with Crippen LogP contribution in [0, 0.1) is 0 Å². The standard InChI is InChI=1S/C8H14BrN5O2/c1-16-4-5(15)2-11-7-6(9)3-12-8(13-7)14-10/h3,5,15H,2,4,10H2,1H3,(H2,11,12,13,14). The van der Waals surface area contributed by atoms with E-state index in [1.807, 2.05) is 0 Å². The molecule has 8 heteroatoms. The van der Waals surface area contributed by atoms with E-state index in [0.29, 0.717) is 22.8 Å². The number of hydrazine groups is 1. The van der Waals surface area contributed by atoms with Gasteiger partial charge in [-0.1, -0.05) is 0 Å². The van der Waals surface area contributed by atoms with Gasteiger partial charge in [0, 0.05) is 19.9 Å². The van der Waals surface area contributed by atoms with E-state index in [4.69, 9.17) is 10.6 Å². The van der Waals surface area contributed by atoms with Gasteiger partial charge in [0.25, 0.3) is 0 Å². The van der Waals surface area contributed by atoms with Crippen LogP contribution < -0.4 is 16.6 Å². The third kappa shape index (κ3) is 3.89. The number of ether oxygens (including phenoxy) is 1. The summed E-state index contributed by atoms with van der Waals surface area (Å²) in [4.78, 5) is 7.97. The normalized spacial score (nSPS) is 12.2. The average molecular weight is 292 g/mol. The molecule has 1 heterocycles. The lowest BCUT2D eigenvalue weighted by Crippen LogP contribution is -2.25. The number of nitrogen functional groups attached to an aromatic ring is 1. The Kier molecular flexibility index (Phi) is 5.39. The zero-order chi connectivity index (χ0) is 12.0. The molecule has 1 unspecified atom stereocenters. The molecule has 90 valence electrons. The number of hydrogen-bond donors (Lipinski definition) is 4. The summed E-state index contributed by atoms with van der Waals surface area (Å²) in [6.45, 7) is 0.588. The fraction of sp³-hybridized carbons (Fsp3) is 0.500. The summed E-state index contributed by atoms with van der Waals surface area (Å²) in [5.41, 5.74) is 2.34. The van der Waals surface area contributed by atoms with Gasteiger partial charge in [-0.2, -0.15) is 4.98 Å². The summed E-state index contributed by atoms with van der Waals surface area (Å²) in [6.07, 6.45) is 0.967. The van der Waals surface area contributed by atoms with Crippen LogP contribution in [0.1, 0.15) is 0 Å². The number of halogens is 1. The molecule has 0 aliphatic rings. The van der Waals surface area contributed by atoms with Crippen molar-refractivity contribution in [2.45, 2.75) is 6.10 Å². The highest BCUT2D eigenvalue weighted by Gasteiger charge is 2.07. The molecule has 0 aromatic carbocycles. The Hall–Kier alpha value is -0.960. The second kappa shape index (κ2) is 6.59. The maximum atomic E-state index is 9.44. The van der Waals surface area contributed by atoms with Crippen LogP contribution >= 0.6 is 15.9 Å². The molecule has 0 fully saturated rings. The van der Waals surface area contributed by atoms with Crippen LogP contribution in [0.3, 0.4) is 0 Å². The highest BCUT2D eigenvalue weighted by Crippen LogP contribution is 2.19. The number of aliphatic hydroxyl groups excluding tert-OH is 1. The monoisotopic (exact) mass is 291 g/mol. The molecule has 1 atom stereocenters. The molecule has 0 amide bonds. The van der Waals surface area contributed by atoms with Crippen molar-refractivity contribution in [1.82, 2.24) is 9.97 Å². The van der Waals surface area contributed by atoms with Crippen LogP contribution in [0.4, 0.5) is 11.8 Å². The van der Waals surface area contributed by atoms with Crippen molar-refractivity contribution in [1.29, 1.82) is 0 Å². The lowest BCUT2D eigenvalue weighted by atomic mass is 10.4. The van der Waals surface area contributed by atoms with Gasteiger partial charge in [0.1, 0.15) is 5.82 Å². The number of nitrogens with one attached hydrogen (secondary N) is 2. The predicted molar refractivity (Wildman–Crippen MR) is 63.9 cm³/mol. The fourth-order valence-corrected chi connectivity index (χ4v) is 1.36. The van der Waals surface area contributed by atoms with Crippen LogP contribution in [0.15, 0.2) is 10.7 Å². The Morgan fingerprint density at radius 1 is 1.69 bits per heavy atom. The van der Waals surface area contributed by atoms with Gasteiger partial charge in [-0.05, 0) is 15.9 Å². The molecule has 0 saturated heterocycles. The van der Waals surface area contributed by atoms with E-state index in [9.17, 15) is 5.11 Å². The summed E-state index contributed by atoms with van der Waals surface area (Å²) in [5.74, 6) is 6.04. The smallest absolute Gasteiger partial charge is 0.239 e. The molecular formula is C8H14BrN5O2. The SMILES string of the molecule is COCC(O)CNc1nc(NN)ncc1Br. The third-order valence-corrected chi connectivity index (χ3v) is 2.32. The molecule has 0 saturated carbocycles. The van der Waals surface area contributed by atoms with Crippen molar-refractivity contribution in [3.8, 4) is 0 Å². The van der Waals surface area contributed by atoms with Crippen LogP contribution in [0.25, 0.3) is 0 Å².